The van der Waals surface area contributed by atoms with Crippen LogP contribution in [0.25, 0.3) is 10.9 Å². The van der Waals surface area contributed by atoms with E-state index in [1.807, 2.05) is 0 Å². The number of aromatic amines is 1. The topological polar surface area (TPSA) is 296 Å². The van der Waals surface area contributed by atoms with Gasteiger partial charge in [-0.1, -0.05) is 18.2 Å². The summed E-state index contributed by atoms with van der Waals surface area (Å²) >= 11 is 0. The van der Waals surface area contributed by atoms with E-state index in [2.05, 4.69) is 20.9 Å². The van der Waals surface area contributed by atoms with Crippen LogP contribution < -0.4 is 38.9 Å². The number of H-pyrrole nitrogens is 1. The zero-order valence-corrected chi connectivity index (χ0v) is 21.3. The molecule has 0 bridgehead atoms. The molecule has 13 N–H and O–H groups in total. The SMILES string of the molecule is NC(=O)CCC(NC(=O)C(CC(N)=O)NC(=O)C(N)CC(N)=O)C(=O)NC(Cc1c[nH]c2ccccc12)C(=O)O. The molecule has 6 amide bonds. The maximum atomic E-state index is 13.1. The molecule has 0 aliphatic heterocycles. The molecule has 16 nitrogen and oxygen atoms in total. The molecule has 16 heteroatoms. The summed E-state index contributed by atoms with van der Waals surface area (Å²) in [6.07, 6.45) is -0.449. The molecule has 40 heavy (non-hydrogen) atoms. The summed E-state index contributed by atoms with van der Waals surface area (Å²) in [6, 6.07) is 1.18. The van der Waals surface area contributed by atoms with E-state index in [-0.39, 0.29) is 19.3 Å². The Morgan fingerprint density at radius 1 is 0.775 bits per heavy atom. The van der Waals surface area contributed by atoms with Gasteiger partial charge in [0.2, 0.25) is 35.4 Å². The van der Waals surface area contributed by atoms with Crippen LogP contribution in [0.5, 0.6) is 0 Å². The van der Waals surface area contributed by atoms with Crippen LogP contribution in [-0.2, 0) is 40.0 Å². The van der Waals surface area contributed by atoms with E-state index in [9.17, 15) is 38.7 Å². The Bertz CT molecular complexity index is 1290. The number of para-hydroxylation sites is 1. The molecule has 1 heterocycles. The Labute approximate surface area is 227 Å². The second kappa shape index (κ2) is 14.2. The van der Waals surface area contributed by atoms with E-state index < -0.39 is 78.4 Å². The molecule has 216 valence electrons. The number of carbonyl (C=O) groups excluding carboxylic acids is 6. The second-order valence-corrected chi connectivity index (χ2v) is 9.04. The number of aliphatic carboxylic acids is 1. The summed E-state index contributed by atoms with van der Waals surface area (Å²) in [6.45, 7) is 0. The number of rotatable bonds is 16. The molecule has 0 radical (unpaired) electrons. The third-order valence-electron chi connectivity index (χ3n) is 5.82. The van der Waals surface area contributed by atoms with Gasteiger partial charge in [0.15, 0.2) is 0 Å². The molecule has 4 unspecified atom stereocenters. The lowest BCUT2D eigenvalue weighted by atomic mass is 10.0. The van der Waals surface area contributed by atoms with Crippen LogP contribution in [-0.4, -0.2) is 75.7 Å². The fraction of sp³-hybridized carbons (Fsp3) is 0.375. The van der Waals surface area contributed by atoms with Gasteiger partial charge in [-0.15, -0.1) is 0 Å². The lowest BCUT2D eigenvalue weighted by Crippen LogP contribution is -2.58. The van der Waals surface area contributed by atoms with Crippen molar-refractivity contribution in [1.29, 1.82) is 0 Å². The van der Waals surface area contributed by atoms with Gasteiger partial charge in [-0.3, -0.25) is 28.8 Å². The zero-order chi connectivity index (χ0) is 30.0. The molecule has 1 aromatic carbocycles. The van der Waals surface area contributed by atoms with Crippen LogP contribution in [0.4, 0.5) is 0 Å². The van der Waals surface area contributed by atoms with Crippen LogP contribution in [0.15, 0.2) is 30.5 Å². The first-order chi connectivity index (χ1) is 18.8. The zero-order valence-electron chi connectivity index (χ0n) is 21.3. The Morgan fingerprint density at radius 3 is 1.95 bits per heavy atom. The molecule has 0 saturated heterocycles. The lowest BCUT2D eigenvalue weighted by molar-refractivity contribution is -0.142. The third kappa shape index (κ3) is 9.39. The fourth-order valence-corrected chi connectivity index (χ4v) is 3.82. The molecule has 0 fully saturated rings. The number of amides is 6. The highest BCUT2D eigenvalue weighted by atomic mass is 16.4. The van der Waals surface area contributed by atoms with Crippen LogP contribution in [0.3, 0.4) is 0 Å². The predicted octanol–water partition coefficient (Wildman–Crippen LogP) is -3.41. The third-order valence-corrected chi connectivity index (χ3v) is 5.82. The minimum absolute atomic E-state index is 0.111. The fourth-order valence-electron chi connectivity index (χ4n) is 3.82. The van der Waals surface area contributed by atoms with E-state index >= 15 is 0 Å². The molecule has 0 spiro atoms. The van der Waals surface area contributed by atoms with E-state index in [0.29, 0.717) is 5.56 Å². The first kappa shape index (κ1) is 31.2. The van der Waals surface area contributed by atoms with Crippen molar-refractivity contribution >= 4 is 52.3 Å². The highest BCUT2D eigenvalue weighted by Crippen LogP contribution is 2.19. The molecule has 2 aromatic rings. The van der Waals surface area contributed by atoms with E-state index in [1.54, 1.807) is 30.5 Å². The molecule has 4 atom stereocenters. The average Bonchev–Trinajstić information content (AvgIpc) is 3.27. The van der Waals surface area contributed by atoms with Crippen LogP contribution in [0.2, 0.25) is 0 Å². The first-order valence-electron chi connectivity index (χ1n) is 12.1. The summed E-state index contributed by atoms with van der Waals surface area (Å²) in [4.78, 5) is 87.3. The Morgan fingerprint density at radius 2 is 1.35 bits per heavy atom. The molecule has 0 saturated carbocycles. The van der Waals surface area contributed by atoms with E-state index in [1.165, 1.54) is 0 Å². The van der Waals surface area contributed by atoms with E-state index in [0.717, 1.165) is 10.9 Å². The molecule has 0 aliphatic carbocycles. The highest BCUT2D eigenvalue weighted by Gasteiger charge is 2.32. The summed E-state index contributed by atoms with van der Waals surface area (Å²) < 4.78 is 0. The van der Waals surface area contributed by atoms with Crippen molar-refractivity contribution in [3.05, 3.63) is 36.0 Å². The Hall–Kier alpha value is -4.99. The largest absolute Gasteiger partial charge is 0.480 e. The molecule has 1 aromatic heterocycles. The molecule has 2 rings (SSSR count). The number of nitrogens with two attached hydrogens (primary N) is 4. The lowest BCUT2D eigenvalue weighted by Gasteiger charge is -2.24. The van der Waals surface area contributed by atoms with Gasteiger partial charge in [0.05, 0.1) is 18.9 Å². The predicted molar refractivity (Wildman–Crippen MR) is 139 cm³/mol. The summed E-state index contributed by atoms with van der Waals surface area (Å²) in [7, 11) is 0. The van der Waals surface area contributed by atoms with Crippen molar-refractivity contribution in [2.75, 3.05) is 0 Å². The van der Waals surface area contributed by atoms with Crippen molar-refractivity contribution in [3.63, 3.8) is 0 Å². The van der Waals surface area contributed by atoms with Gasteiger partial charge < -0.3 is 49.0 Å². The quantitative estimate of drug-likeness (QED) is 0.0986. The number of hydrogen-bond donors (Lipinski definition) is 9. The number of primary amides is 3. The first-order valence-corrected chi connectivity index (χ1v) is 12.1. The summed E-state index contributed by atoms with van der Waals surface area (Å²) in [5.41, 5.74) is 22.3. The van der Waals surface area contributed by atoms with Gasteiger partial charge in [0.1, 0.15) is 18.1 Å². The number of fused-ring (bicyclic) bond motifs is 1. The summed E-state index contributed by atoms with van der Waals surface area (Å²) in [5.74, 6) is -7.07. The number of nitrogens with one attached hydrogen (secondary N) is 4. The number of benzene rings is 1. The maximum absolute atomic E-state index is 13.1. The van der Waals surface area contributed by atoms with Crippen LogP contribution >= 0.6 is 0 Å². The minimum Gasteiger partial charge on any atom is -0.480 e. The average molecular weight is 561 g/mol. The highest BCUT2D eigenvalue weighted by molar-refractivity contribution is 5.97. The Balaban J connectivity index is 2.21. The normalized spacial score (nSPS) is 13.8. The Kier molecular flexibility index (Phi) is 11.1. The number of aromatic nitrogens is 1. The summed E-state index contributed by atoms with van der Waals surface area (Å²) in [5, 5.41) is 17.3. The monoisotopic (exact) mass is 560 g/mol. The van der Waals surface area contributed by atoms with Gasteiger partial charge in [0, 0.05) is 29.9 Å². The van der Waals surface area contributed by atoms with Gasteiger partial charge in [-0.05, 0) is 18.1 Å². The van der Waals surface area contributed by atoms with Crippen molar-refractivity contribution in [2.24, 2.45) is 22.9 Å². The van der Waals surface area contributed by atoms with E-state index in [4.69, 9.17) is 22.9 Å². The van der Waals surface area contributed by atoms with Crippen molar-refractivity contribution in [3.8, 4) is 0 Å². The minimum atomic E-state index is -1.62. The van der Waals surface area contributed by atoms with Crippen molar-refractivity contribution in [2.45, 2.75) is 56.3 Å². The van der Waals surface area contributed by atoms with Crippen molar-refractivity contribution < 1.29 is 38.7 Å². The van der Waals surface area contributed by atoms with Crippen molar-refractivity contribution in [1.82, 2.24) is 20.9 Å². The number of hydrogen-bond acceptors (Lipinski definition) is 8. The number of carbonyl (C=O) groups is 7. The standard InChI is InChI=1S/C24H32N8O8/c25-13(8-19(27)34)21(36)31-16(9-20(28)35)23(38)30-15(5-6-18(26)33)22(37)32-17(24(39)40)7-11-10-29-14-4-2-1-3-12(11)14/h1-4,10,13,15-17,29H,5-9,25H2,(H2,26,33)(H2,27,34)(H2,28,35)(H,30,38)(H,31,36)(H,32,37)(H,39,40). The van der Waals surface area contributed by atoms with Gasteiger partial charge in [-0.25, -0.2) is 4.79 Å². The second-order valence-electron chi connectivity index (χ2n) is 9.04. The van der Waals surface area contributed by atoms with Gasteiger partial charge >= 0.3 is 5.97 Å². The van der Waals surface area contributed by atoms with Crippen LogP contribution in [0.1, 0.15) is 31.2 Å². The molecular weight excluding hydrogens is 528 g/mol. The van der Waals surface area contributed by atoms with Gasteiger partial charge in [-0.2, -0.15) is 0 Å². The van der Waals surface area contributed by atoms with Gasteiger partial charge in [0.25, 0.3) is 0 Å². The number of carboxylic acid groups (broad SMARTS) is 1. The molecular formula is C24H32N8O8. The number of carboxylic acids is 1. The molecule has 0 aliphatic rings. The van der Waals surface area contributed by atoms with Crippen LogP contribution in [0, 0.1) is 0 Å². The smallest absolute Gasteiger partial charge is 0.326 e. The maximum Gasteiger partial charge on any atom is 0.326 e.